The van der Waals surface area contributed by atoms with Crippen LogP contribution in [0.3, 0.4) is 0 Å². The lowest BCUT2D eigenvalue weighted by atomic mass is 10.0. The average Bonchev–Trinajstić information content (AvgIpc) is 3.13. The molecule has 2 fully saturated rings. The van der Waals surface area contributed by atoms with Crippen molar-refractivity contribution in [2.24, 2.45) is 17.6 Å². The number of benzene rings is 1. The molecule has 0 radical (unpaired) electrons. The second-order valence-corrected chi connectivity index (χ2v) is 9.38. The third-order valence-electron chi connectivity index (χ3n) is 5.28. The van der Waals surface area contributed by atoms with Crippen LogP contribution in [0.4, 0.5) is 10.1 Å². The first-order chi connectivity index (χ1) is 11.8. The highest BCUT2D eigenvalue weighted by atomic mass is 32.2. The Morgan fingerprint density at radius 1 is 1.20 bits per heavy atom. The minimum atomic E-state index is -3.49. The highest BCUT2D eigenvalue weighted by molar-refractivity contribution is 7.92. The molecule has 3 atom stereocenters. The van der Waals surface area contributed by atoms with Crippen molar-refractivity contribution in [2.45, 2.75) is 12.2 Å². The Bertz CT molecular complexity index is 724. The predicted octanol–water partition coefficient (Wildman–Crippen LogP) is 0.482. The largest absolute Gasteiger partial charge is 0.371 e. The second kappa shape index (κ2) is 6.92. The quantitative estimate of drug-likeness (QED) is 0.816. The van der Waals surface area contributed by atoms with Crippen LogP contribution >= 0.6 is 0 Å². The van der Waals surface area contributed by atoms with Gasteiger partial charge in [-0.05, 0) is 31.2 Å². The van der Waals surface area contributed by atoms with E-state index in [-0.39, 0.29) is 24.0 Å². The number of likely N-dealkylation sites (tertiary alicyclic amines) is 1. The van der Waals surface area contributed by atoms with E-state index < -0.39 is 15.1 Å². The summed E-state index contributed by atoms with van der Waals surface area (Å²) < 4.78 is 37.2. The van der Waals surface area contributed by atoms with Gasteiger partial charge in [-0.15, -0.1) is 0 Å². The molecule has 2 N–H and O–H groups in total. The van der Waals surface area contributed by atoms with Crippen LogP contribution in [0.1, 0.15) is 6.92 Å². The van der Waals surface area contributed by atoms with Gasteiger partial charge in [0.15, 0.2) is 9.84 Å². The van der Waals surface area contributed by atoms with Crippen LogP contribution < -0.4 is 10.6 Å². The van der Waals surface area contributed by atoms with Gasteiger partial charge in [-0.2, -0.15) is 0 Å². The zero-order chi connectivity index (χ0) is 18.2. The smallest absolute Gasteiger partial charge is 0.240 e. The third kappa shape index (κ3) is 3.64. The van der Waals surface area contributed by atoms with Gasteiger partial charge in [0.25, 0.3) is 0 Å². The van der Waals surface area contributed by atoms with E-state index in [0.717, 1.165) is 18.8 Å². The third-order valence-corrected chi connectivity index (χ3v) is 7.36. The molecule has 1 aromatic carbocycles. The molecule has 0 aromatic heterocycles. The molecule has 8 heteroatoms. The summed E-state index contributed by atoms with van der Waals surface area (Å²) in [6.07, 6.45) is 0. The minimum absolute atomic E-state index is 0.0256. The zero-order valence-electron chi connectivity index (χ0n) is 14.3. The number of carbonyl (C=O) groups is 1. The van der Waals surface area contributed by atoms with Crippen molar-refractivity contribution in [1.29, 1.82) is 0 Å². The maximum atomic E-state index is 13.1. The Labute approximate surface area is 147 Å². The van der Waals surface area contributed by atoms with Crippen molar-refractivity contribution in [3.05, 3.63) is 30.1 Å². The fourth-order valence-corrected chi connectivity index (χ4v) is 4.93. The van der Waals surface area contributed by atoms with Crippen LogP contribution in [-0.4, -0.2) is 63.0 Å². The Kier molecular flexibility index (Phi) is 5.02. The highest BCUT2D eigenvalue weighted by Gasteiger charge is 2.43. The van der Waals surface area contributed by atoms with E-state index in [4.69, 9.17) is 5.73 Å². The molecule has 0 saturated carbocycles. The number of sulfone groups is 1. The average molecular weight is 369 g/mol. The van der Waals surface area contributed by atoms with E-state index in [1.807, 2.05) is 0 Å². The number of nitrogens with two attached hydrogens (primary N) is 1. The van der Waals surface area contributed by atoms with Crippen molar-refractivity contribution < 1.29 is 17.6 Å². The Morgan fingerprint density at radius 2 is 1.76 bits per heavy atom. The Hall–Kier alpha value is -1.67. The predicted molar refractivity (Wildman–Crippen MR) is 94.5 cm³/mol. The Balaban J connectivity index is 1.61. The molecule has 1 aromatic rings. The van der Waals surface area contributed by atoms with Crippen LogP contribution in [-0.2, 0) is 14.6 Å². The van der Waals surface area contributed by atoms with Gasteiger partial charge in [0.2, 0.25) is 5.91 Å². The van der Waals surface area contributed by atoms with Gasteiger partial charge in [-0.1, -0.05) is 0 Å². The fourth-order valence-electron chi connectivity index (χ4n) is 3.79. The maximum Gasteiger partial charge on any atom is 0.240 e. The van der Waals surface area contributed by atoms with Crippen LogP contribution in [0.15, 0.2) is 24.3 Å². The summed E-state index contributed by atoms with van der Waals surface area (Å²) in [7, 11) is -3.49. The highest BCUT2D eigenvalue weighted by Crippen LogP contribution is 2.34. The molecule has 2 aliphatic rings. The Morgan fingerprint density at radius 3 is 2.28 bits per heavy atom. The topological polar surface area (TPSA) is 83.7 Å². The number of nitrogens with zero attached hydrogens (tertiary/aromatic N) is 2. The summed E-state index contributed by atoms with van der Waals surface area (Å²) in [6.45, 7) is 4.21. The van der Waals surface area contributed by atoms with Gasteiger partial charge >= 0.3 is 0 Å². The van der Waals surface area contributed by atoms with Crippen molar-refractivity contribution in [2.75, 3.05) is 43.4 Å². The number of halogens is 1. The summed E-state index contributed by atoms with van der Waals surface area (Å²) >= 11 is 0. The van der Waals surface area contributed by atoms with E-state index in [2.05, 4.69) is 4.90 Å². The summed E-state index contributed by atoms with van der Waals surface area (Å²) in [6, 6.07) is 6.42. The molecular weight excluding hydrogens is 345 g/mol. The first kappa shape index (κ1) is 18.1. The maximum absolute atomic E-state index is 13.1. The van der Waals surface area contributed by atoms with E-state index in [1.54, 1.807) is 17.0 Å². The molecule has 138 valence electrons. The SMILES string of the molecule is CC(C(=O)N1C[C@@H]2CN(c3ccc(F)cc3)C[C@@H]2C1)S(=O)(=O)CCN. The molecule has 0 bridgehead atoms. The van der Waals surface area contributed by atoms with Gasteiger partial charge in [-0.3, -0.25) is 4.79 Å². The molecule has 6 nitrogen and oxygen atoms in total. The molecule has 1 unspecified atom stereocenters. The number of amides is 1. The van der Waals surface area contributed by atoms with Gasteiger partial charge in [0, 0.05) is 50.2 Å². The lowest BCUT2D eigenvalue weighted by molar-refractivity contribution is -0.129. The monoisotopic (exact) mass is 369 g/mol. The molecule has 3 rings (SSSR count). The lowest BCUT2D eigenvalue weighted by Gasteiger charge is -2.25. The molecule has 25 heavy (non-hydrogen) atoms. The van der Waals surface area contributed by atoms with Crippen LogP contribution in [0.2, 0.25) is 0 Å². The first-order valence-corrected chi connectivity index (χ1v) is 10.2. The molecule has 2 heterocycles. The van der Waals surface area contributed by atoms with Gasteiger partial charge in [0.1, 0.15) is 11.1 Å². The van der Waals surface area contributed by atoms with Gasteiger partial charge < -0.3 is 15.5 Å². The van der Waals surface area contributed by atoms with Crippen molar-refractivity contribution in [3.63, 3.8) is 0 Å². The van der Waals surface area contributed by atoms with E-state index in [9.17, 15) is 17.6 Å². The summed E-state index contributed by atoms with van der Waals surface area (Å²) in [5.74, 6) is -0.112. The van der Waals surface area contributed by atoms with Crippen molar-refractivity contribution in [1.82, 2.24) is 4.90 Å². The lowest BCUT2D eigenvalue weighted by Crippen LogP contribution is -2.43. The molecule has 0 aliphatic carbocycles. The second-order valence-electron chi connectivity index (χ2n) is 6.94. The number of fused-ring (bicyclic) bond motifs is 1. The van der Waals surface area contributed by atoms with Crippen molar-refractivity contribution >= 4 is 21.4 Å². The molecule has 2 saturated heterocycles. The normalized spacial score (nSPS) is 24.4. The number of carbonyl (C=O) groups excluding carboxylic acids is 1. The van der Waals surface area contributed by atoms with E-state index in [0.29, 0.717) is 24.9 Å². The summed E-state index contributed by atoms with van der Waals surface area (Å²) in [5.41, 5.74) is 6.31. The van der Waals surface area contributed by atoms with Crippen LogP contribution in [0.25, 0.3) is 0 Å². The van der Waals surface area contributed by atoms with E-state index >= 15 is 0 Å². The van der Waals surface area contributed by atoms with Crippen molar-refractivity contribution in [3.8, 4) is 0 Å². The molecule has 1 amide bonds. The van der Waals surface area contributed by atoms with Gasteiger partial charge in [0.05, 0.1) is 5.75 Å². The van der Waals surface area contributed by atoms with Gasteiger partial charge in [-0.25, -0.2) is 12.8 Å². The van der Waals surface area contributed by atoms with Crippen LogP contribution in [0.5, 0.6) is 0 Å². The molecule has 0 spiro atoms. The standard InChI is InChI=1S/C17H24FN3O3S/c1-12(25(23,24)7-6-19)17(22)21-10-13-8-20(9-14(13)11-21)16-4-2-15(18)3-5-16/h2-5,12-14H,6-11,19H2,1H3/t12?,13-,14+. The minimum Gasteiger partial charge on any atom is -0.371 e. The zero-order valence-corrected chi connectivity index (χ0v) is 15.1. The number of hydrogen-bond acceptors (Lipinski definition) is 5. The van der Waals surface area contributed by atoms with Crippen LogP contribution in [0, 0.1) is 17.7 Å². The number of anilines is 1. The molecule has 2 aliphatic heterocycles. The fraction of sp³-hybridized carbons (Fsp3) is 0.588. The van der Waals surface area contributed by atoms with E-state index in [1.165, 1.54) is 19.1 Å². The number of hydrogen-bond donors (Lipinski definition) is 1. The number of rotatable bonds is 5. The summed E-state index contributed by atoms with van der Waals surface area (Å²) in [4.78, 5) is 16.4. The first-order valence-electron chi connectivity index (χ1n) is 8.52. The summed E-state index contributed by atoms with van der Waals surface area (Å²) in [5, 5.41) is -1.04. The molecular formula is C17H24FN3O3S.